The molecule has 1 N–H and O–H groups in total. The van der Waals surface area contributed by atoms with E-state index in [4.69, 9.17) is 4.74 Å². The van der Waals surface area contributed by atoms with Crippen LogP contribution in [0.2, 0.25) is 0 Å². The molecular formula is C20H27N3O3. The van der Waals surface area contributed by atoms with Crippen LogP contribution >= 0.6 is 0 Å². The third kappa shape index (κ3) is 3.70. The number of carbonyl (C=O) groups is 2. The Morgan fingerprint density at radius 2 is 1.96 bits per heavy atom. The van der Waals surface area contributed by atoms with Crippen LogP contribution in [-0.4, -0.2) is 55.5 Å². The van der Waals surface area contributed by atoms with E-state index in [0.29, 0.717) is 12.3 Å². The molecule has 1 saturated carbocycles. The van der Waals surface area contributed by atoms with Crippen LogP contribution < -0.4 is 15.0 Å². The third-order valence-corrected chi connectivity index (χ3v) is 5.80. The molecule has 0 aromatic heterocycles. The first-order chi connectivity index (χ1) is 12.6. The number of nitrogens with zero attached hydrogens (tertiary/aromatic N) is 2. The molecule has 26 heavy (non-hydrogen) atoms. The topological polar surface area (TPSA) is 61.9 Å². The molecule has 6 nitrogen and oxygen atoms in total. The lowest BCUT2D eigenvalue weighted by Gasteiger charge is -2.32. The molecule has 3 fully saturated rings. The highest BCUT2D eigenvalue weighted by atomic mass is 16.5. The lowest BCUT2D eigenvalue weighted by Crippen LogP contribution is -2.47. The predicted octanol–water partition coefficient (Wildman–Crippen LogP) is 1.79. The van der Waals surface area contributed by atoms with Crippen LogP contribution in [0.15, 0.2) is 24.3 Å². The Bertz CT molecular complexity index is 681. The smallest absolute Gasteiger partial charge is 0.227 e. The zero-order valence-electron chi connectivity index (χ0n) is 15.3. The van der Waals surface area contributed by atoms with E-state index < -0.39 is 0 Å². The number of ether oxygens (including phenoxy) is 1. The van der Waals surface area contributed by atoms with Crippen molar-refractivity contribution < 1.29 is 14.3 Å². The van der Waals surface area contributed by atoms with Crippen molar-refractivity contribution in [3.05, 3.63) is 24.3 Å². The Morgan fingerprint density at radius 3 is 2.65 bits per heavy atom. The summed E-state index contributed by atoms with van der Waals surface area (Å²) >= 11 is 0. The minimum absolute atomic E-state index is 0.00181. The van der Waals surface area contributed by atoms with E-state index in [1.54, 1.807) is 12.0 Å². The van der Waals surface area contributed by atoms with E-state index in [1.807, 2.05) is 24.3 Å². The molecule has 2 saturated heterocycles. The van der Waals surface area contributed by atoms with Gasteiger partial charge in [-0.3, -0.25) is 9.59 Å². The van der Waals surface area contributed by atoms with Gasteiger partial charge >= 0.3 is 0 Å². The molecule has 2 amide bonds. The van der Waals surface area contributed by atoms with Crippen molar-refractivity contribution in [1.29, 1.82) is 0 Å². The molecule has 0 spiro atoms. The first kappa shape index (κ1) is 17.3. The Morgan fingerprint density at radius 1 is 1.19 bits per heavy atom. The zero-order chi connectivity index (χ0) is 18.1. The maximum absolute atomic E-state index is 12.7. The monoisotopic (exact) mass is 357 g/mol. The van der Waals surface area contributed by atoms with Crippen LogP contribution in [0.1, 0.15) is 32.1 Å². The quantitative estimate of drug-likeness (QED) is 0.873. The fourth-order valence-corrected chi connectivity index (χ4v) is 4.08. The van der Waals surface area contributed by atoms with Crippen molar-refractivity contribution in [2.45, 2.75) is 44.2 Å². The summed E-state index contributed by atoms with van der Waals surface area (Å²) in [4.78, 5) is 29.3. The number of likely N-dealkylation sites (tertiary alicyclic amines) is 1. The Labute approximate surface area is 154 Å². The molecule has 1 aromatic carbocycles. The number of piperidine rings is 1. The van der Waals surface area contributed by atoms with Gasteiger partial charge in [-0.05, 0) is 37.8 Å². The third-order valence-electron chi connectivity index (χ3n) is 5.80. The van der Waals surface area contributed by atoms with Crippen LogP contribution in [0, 0.1) is 5.92 Å². The fraction of sp³-hybridized carbons (Fsp3) is 0.600. The van der Waals surface area contributed by atoms with Crippen molar-refractivity contribution in [3.63, 3.8) is 0 Å². The second kappa shape index (κ2) is 7.27. The van der Waals surface area contributed by atoms with E-state index in [-0.39, 0.29) is 30.2 Å². The number of methoxy groups -OCH3 is 1. The predicted molar refractivity (Wildman–Crippen MR) is 99.2 cm³/mol. The normalized spacial score (nSPS) is 24.7. The van der Waals surface area contributed by atoms with Crippen LogP contribution in [-0.2, 0) is 9.59 Å². The van der Waals surface area contributed by atoms with E-state index in [9.17, 15) is 9.59 Å². The summed E-state index contributed by atoms with van der Waals surface area (Å²) in [6.07, 6.45) is 4.98. The van der Waals surface area contributed by atoms with Gasteiger partial charge in [0.1, 0.15) is 5.75 Å². The first-order valence-corrected chi connectivity index (χ1v) is 9.63. The van der Waals surface area contributed by atoms with E-state index in [1.165, 1.54) is 12.8 Å². The largest absolute Gasteiger partial charge is 0.497 e. The summed E-state index contributed by atoms with van der Waals surface area (Å²) in [7, 11) is 1.61. The van der Waals surface area contributed by atoms with Crippen molar-refractivity contribution in [2.75, 3.05) is 31.6 Å². The molecule has 1 aromatic rings. The molecule has 4 rings (SSSR count). The highest BCUT2D eigenvalue weighted by Gasteiger charge is 2.37. The molecule has 1 atom stereocenters. The molecule has 1 aliphatic carbocycles. The van der Waals surface area contributed by atoms with Crippen molar-refractivity contribution >= 4 is 17.5 Å². The molecule has 2 heterocycles. The lowest BCUT2D eigenvalue weighted by atomic mass is 10.0. The second-order valence-corrected chi connectivity index (χ2v) is 7.66. The summed E-state index contributed by atoms with van der Waals surface area (Å²) in [6.45, 7) is 2.60. The van der Waals surface area contributed by atoms with Gasteiger partial charge in [-0.15, -0.1) is 0 Å². The van der Waals surface area contributed by atoms with E-state index >= 15 is 0 Å². The summed E-state index contributed by atoms with van der Waals surface area (Å²) in [5.41, 5.74) is 0.794. The molecule has 1 unspecified atom stereocenters. The van der Waals surface area contributed by atoms with Crippen LogP contribution in [0.25, 0.3) is 0 Å². The van der Waals surface area contributed by atoms with E-state index in [0.717, 1.165) is 37.7 Å². The molecule has 140 valence electrons. The highest BCUT2D eigenvalue weighted by molar-refractivity contribution is 6.00. The number of benzene rings is 1. The van der Waals surface area contributed by atoms with Gasteiger partial charge in [0.15, 0.2) is 0 Å². The van der Waals surface area contributed by atoms with Gasteiger partial charge in [0.05, 0.1) is 13.0 Å². The minimum atomic E-state index is -0.268. The van der Waals surface area contributed by atoms with Crippen molar-refractivity contribution in [3.8, 4) is 5.75 Å². The molecule has 6 heteroatoms. The van der Waals surface area contributed by atoms with Crippen LogP contribution in [0.4, 0.5) is 5.69 Å². The average molecular weight is 357 g/mol. The molecule has 0 bridgehead atoms. The van der Waals surface area contributed by atoms with Gasteiger partial charge in [0.2, 0.25) is 11.8 Å². The molecule has 3 aliphatic rings. The summed E-state index contributed by atoms with van der Waals surface area (Å²) in [5, 5.41) is 3.19. The first-order valence-electron chi connectivity index (χ1n) is 9.63. The maximum atomic E-state index is 12.7. The van der Waals surface area contributed by atoms with Gasteiger partial charge in [-0.25, -0.2) is 0 Å². The molecule has 2 aliphatic heterocycles. The van der Waals surface area contributed by atoms with Crippen LogP contribution in [0.3, 0.4) is 0 Å². The number of anilines is 1. The number of rotatable bonds is 5. The van der Waals surface area contributed by atoms with Gasteiger partial charge in [0.25, 0.3) is 0 Å². The Hall–Kier alpha value is -2.08. The van der Waals surface area contributed by atoms with Gasteiger partial charge in [-0.1, -0.05) is 6.07 Å². The lowest BCUT2D eigenvalue weighted by molar-refractivity contribution is -0.127. The number of amides is 2. The van der Waals surface area contributed by atoms with Crippen LogP contribution in [0.5, 0.6) is 5.75 Å². The van der Waals surface area contributed by atoms with E-state index in [2.05, 4.69) is 10.2 Å². The Kier molecular flexibility index (Phi) is 4.85. The number of hydrogen-bond acceptors (Lipinski definition) is 4. The zero-order valence-corrected chi connectivity index (χ0v) is 15.3. The highest BCUT2D eigenvalue weighted by Crippen LogP contribution is 2.30. The maximum Gasteiger partial charge on any atom is 0.227 e. The van der Waals surface area contributed by atoms with Crippen molar-refractivity contribution in [1.82, 2.24) is 10.2 Å². The fourth-order valence-electron chi connectivity index (χ4n) is 4.08. The summed E-state index contributed by atoms with van der Waals surface area (Å²) < 4.78 is 5.23. The van der Waals surface area contributed by atoms with Crippen molar-refractivity contribution in [2.24, 2.45) is 5.92 Å². The number of carbonyl (C=O) groups excluding carboxylic acids is 2. The van der Waals surface area contributed by atoms with Gasteiger partial charge in [0, 0.05) is 49.9 Å². The van der Waals surface area contributed by atoms with Gasteiger partial charge in [-0.2, -0.15) is 0 Å². The Balaban J connectivity index is 1.32. The number of hydrogen-bond donors (Lipinski definition) is 1. The second-order valence-electron chi connectivity index (χ2n) is 7.66. The van der Waals surface area contributed by atoms with Gasteiger partial charge < -0.3 is 19.9 Å². The molecule has 0 radical (unpaired) electrons. The summed E-state index contributed by atoms with van der Waals surface area (Å²) in [5.74, 6) is 0.469. The average Bonchev–Trinajstić information content (AvgIpc) is 3.44. The minimum Gasteiger partial charge on any atom is -0.497 e. The molecular weight excluding hydrogens is 330 g/mol. The number of nitrogens with one attached hydrogen (secondary N) is 1. The SMILES string of the molecule is COc1cccc(N2CC(C(=O)NC3CCN(C4CC4)CC3)CC2=O)c1. The standard InChI is InChI=1S/C20H27N3O3/c1-26-18-4-2-3-17(12-18)23-13-14(11-19(23)24)20(25)21-15-7-9-22(10-8-15)16-5-6-16/h2-4,12,14-16H,5-11,13H2,1H3,(H,21,25). The summed E-state index contributed by atoms with van der Waals surface area (Å²) in [6, 6.07) is 8.49.